The van der Waals surface area contributed by atoms with Gasteiger partial charge in [0.05, 0.1) is 5.69 Å². The van der Waals surface area contributed by atoms with Crippen molar-refractivity contribution in [3.63, 3.8) is 0 Å². The number of aromatic nitrogens is 1. The maximum Gasteiger partial charge on any atom is 0.244 e. The molecular formula is C19H24N4O2S. The number of hydrogen-bond acceptors (Lipinski definition) is 5. The van der Waals surface area contributed by atoms with Gasteiger partial charge in [-0.15, -0.1) is 0 Å². The number of hydrogen-bond donors (Lipinski definition) is 2. The van der Waals surface area contributed by atoms with E-state index in [1.54, 1.807) is 6.07 Å². The van der Waals surface area contributed by atoms with Crippen LogP contribution >= 0.6 is 0 Å². The summed E-state index contributed by atoms with van der Waals surface area (Å²) >= 11 is 0. The van der Waals surface area contributed by atoms with Crippen molar-refractivity contribution in [3.05, 3.63) is 53.9 Å². The number of sulfonamides is 1. The lowest BCUT2D eigenvalue weighted by atomic mass is 9.96. The first-order valence-corrected chi connectivity index (χ1v) is 10.5. The lowest BCUT2D eigenvalue weighted by Gasteiger charge is -2.45. The zero-order chi connectivity index (χ0) is 18.2. The van der Waals surface area contributed by atoms with Gasteiger partial charge in [-0.2, -0.15) is 4.72 Å². The molecule has 1 saturated heterocycles. The number of likely N-dealkylation sites (tertiary alicyclic amines) is 1. The maximum absolute atomic E-state index is 12.7. The molecule has 1 spiro atoms. The molecule has 0 saturated carbocycles. The Morgan fingerprint density at radius 1 is 1.19 bits per heavy atom. The van der Waals surface area contributed by atoms with Crippen LogP contribution in [0, 0.1) is 6.92 Å². The Bertz CT molecular complexity index is 891. The van der Waals surface area contributed by atoms with Crippen molar-refractivity contribution in [1.29, 1.82) is 0 Å². The summed E-state index contributed by atoms with van der Waals surface area (Å²) in [6, 6.07) is 11.5. The predicted molar refractivity (Wildman–Crippen MR) is 101 cm³/mol. The van der Waals surface area contributed by atoms with Crippen molar-refractivity contribution < 1.29 is 8.42 Å². The predicted octanol–water partition coefficient (Wildman–Crippen LogP) is 2.13. The van der Waals surface area contributed by atoms with E-state index in [0.29, 0.717) is 10.6 Å². The molecule has 4 rings (SSSR count). The molecule has 0 amide bonds. The fraction of sp³-hybridized carbons (Fsp3) is 0.421. The topological polar surface area (TPSA) is 74.3 Å². The molecule has 2 aromatic rings. The van der Waals surface area contributed by atoms with E-state index in [0.717, 1.165) is 50.2 Å². The van der Waals surface area contributed by atoms with Crippen molar-refractivity contribution in [2.75, 3.05) is 25.0 Å². The molecule has 0 atom stereocenters. The second-order valence-corrected chi connectivity index (χ2v) is 8.88. The number of nitrogens with zero attached hydrogens (tertiary/aromatic N) is 2. The highest BCUT2D eigenvalue weighted by Gasteiger charge is 2.42. The number of piperidine rings is 1. The van der Waals surface area contributed by atoms with Crippen LogP contribution in [-0.4, -0.2) is 43.6 Å². The highest BCUT2D eigenvalue weighted by molar-refractivity contribution is 7.89. The van der Waals surface area contributed by atoms with Crippen molar-refractivity contribution in [2.45, 2.75) is 36.7 Å². The van der Waals surface area contributed by atoms with E-state index < -0.39 is 15.7 Å². The fourth-order valence-electron chi connectivity index (χ4n) is 3.75. The van der Waals surface area contributed by atoms with Gasteiger partial charge in [0.15, 0.2) is 0 Å². The van der Waals surface area contributed by atoms with Crippen LogP contribution in [0.15, 0.2) is 47.5 Å². The lowest BCUT2D eigenvalue weighted by Crippen LogP contribution is -2.62. The van der Waals surface area contributed by atoms with Gasteiger partial charge in [-0.3, -0.25) is 4.98 Å². The minimum atomic E-state index is -3.49. The number of rotatable bonds is 3. The molecule has 1 aromatic carbocycles. The molecule has 3 heterocycles. The summed E-state index contributed by atoms with van der Waals surface area (Å²) in [7, 11) is -3.49. The highest BCUT2D eigenvalue weighted by atomic mass is 32.2. The van der Waals surface area contributed by atoms with Gasteiger partial charge >= 0.3 is 0 Å². The molecule has 7 heteroatoms. The Kier molecular flexibility index (Phi) is 4.46. The SMILES string of the molecule is Cc1ccc2c(c1)S(=O)(=O)NC1(CCN(CCc3ccccn3)CC1)N2. The summed E-state index contributed by atoms with van der Waals surface area (Å²) in [5, 5.41) is 3.46. The van der Waals surface area contributed by atoms with E-state index in [-0.39, 0.29) is 0 Å². The fourth-order valence-corrected chi connectivity index (χ4v) is 5.38. The third-order valence-electron chi connectivity index (χ3n) is 5.25. The first kappa shape index (κ1) is 17.5. The van der Waals surface area contributed by atoms with Crippen LogP contribution in [0.4, 0.5) is 5.69 Å². The highest BCUT2D eigenvalue weighted by Crippen LogP contribution is 2.35. The van der Waals surface area contributed by atoms with Gasteiger partial charge < -0.3 is 10.2 Å². The summed E-state index contributed by atoms with van der Waals surface area (Å²) in [4.78, 5) is 7.09. The molecule has 2 aliphatic rings. The van der Waals surface area contributed by atoms with Crippen molar-refractivity contribution in [1.82, 2.24) is 14.6 Å². The minimum absolute atomic E-state index is 0.348. The summed E-state index contributed by atoms with van der Waals surface area (Å²) in [5.74, 6) is 0. The minimum Gasteiger partial charge on any atom is -0.365 e. The van der Waals surface area contributed by atoms with Crippen LogP contribution in [0.1, 0.15) is 24.1 Å². The Morgan fingerprint density at radius 3 is 2.73 bits per heavy atom. The quantitative estimate of drug-likeness (QED) is 0.863. The first-order chi connectivity index (χ1) is 12.5. The van der Waals surface area contributed by atoms with E-state index in [9.17, 15) is 8.42 Å². The summed E-state index contributed by atoms with van der Waals surface area (Å²) in [6.45, 7) is 4.54. The number of aryl methyl sites for hydroxylation is 1. The summed E-state index contributed by atoms with van der Waals surface area (Å²) < 4.78 is 28.3. The Morgan fingerprint density at radius 2 is 2.00 bits per heavy atom. The second kappa shape index (κ2) is 6.64. The van der Waals surface area contributed by atoms with E-state index >= 15 is 0 Å². The van der Waals surface area contributed by atoms with Gasteiger partial charge in [0.2, 0.25) is 10.0 Å². The maximum atomic E-state index is 12.7. The molecule has 26 heavy (non-hydrogen) atoms. The van der Waals surface area contributed by atoms with Gasteiger partial charge in [-0.25, -0.2) is 8.42 Å². The molecule has 2 aliphatic heterocycles. The van der Waals surface area contributed by atoms with Gasteiger partial charge in [0.25, 0.3) is 0 Å². The number of pyridine rings is 1. The van der Waals surface area contributed by atoms with Crippen LogP contribution < -0.4 is 10.0 Å². The molecule has 0 aliphatic carbocycles. The number of nitrogens with one attached hydrogen (secondary N) is 2. The zero-order valence-electron chi connectivity index (χ0n) is 14.9. The largest absolute Gasteiger partial charge is 0.365 e. The molecule has 6 nitrogen and oxygen atoms in total. The second-order valence-electron chi connectivity index (χ2n) is 7.22. The van der Waals surface area contributed by atoms with E-state index in [1.807, 2.05) is 43.5 Å². The monoisotopic (exact) mass is 372 g/mol. The number of benzene rings is 1. The Hall–Kier alpha value is -1.96. The first-order valence-electron chi connectivity index (χ1n) is 9.01. The molecular weight excluding hydrogens is 348 g/mol. The van der Waals surface area contributed by atoms with Gasteiger partial charge in [-0.05, 0) is 49.6 Å². The zero-order valence-corrected chi connectivity index (χ0v) is 15.7. The standard InChI is InChI=1S/C19H24N4O2S/c1-15-5-6-17-18(14-15)26(24,25)22-19(21-17)8-12-23(13-9-19)11-7-16-4-2-3-10-20-16/h2-6,10,14,21-22H,7-9,11-13H2,1H3. The normalized spacial score (nSPS) is 21.1. The molecule has 0 radical (unpaired) electrons. The van der Waals surface area contributed by atoms with Crippen LogP contribution in [-0.2, 0) is 16.4 Å². The van der Waals surface area contributed by atoms with E-state index in [4.69, 9.17) is 0 Å². The van der Waals surface area contributed by atoms with Crippen LogP contribution in [0.2, 0.25) is 0 Å². The average Bonchev–Trinajstić information content (AvgIpc) is 2.63. The van der Waals surface area contributed by atoms with Crippen molar-refractivity contribution >= 4 is 15.7 Å². The number of fused-ring (bicyclic) bond motifs is 1. The van der Waals surface area contributed by atoms with Gasteiger partial charge in [0.1, 0.15) is 10.6 Å². The van der Waals surface area contributed by atoms with Crippen molar-refractivity contribution in [3.8, 4) is 0 Å². The molecule has 0 bridgehead atoms. The molecule has 138 valence electrons. The Balaban J connectivity index is 1.43. The number of anilines is 1. The molecule has 0 unspecified atom stereocenters. The smallest absolute Gasteiger partial charge is 0.244 e. The van der Waals surface area contributed by atoms with E-state index in [1.165, 1.54) is 0 Å². The van der Waals surface area contributed by atoms with Crippen LogP contribution in [0.3, 0.4) is 0 Å². The third kappa shape index (κ3) is 3.47. The molecule has 1 aromatic heterocycles. The third-order valence-corrected chi connectivity index (χ3v) is 6.83. The van der Waals surface area contributed by atoms with Crippen LogP contribution in [0.25, 0.3) is 0 Å². The van der Waals surface area contributed by atoms with Crippen molar-refractivity contribution in [2.24, 2.45) is 0 Å². The van der Waals surface area contributed by atoms with Crippen LogP contribution in [0.5, 0.6) is 0 Å². The van der Waals surface area contributed by atoms with Gasteiger partial charge in [0, 0.05) is 37.9 Å². The summed E-state index contributed by atoms with van der Waals surface area (Å²) in [6.07, 6.45) is 4.21. The van der Waals surface area contributed by atoms with Gasteiger partial charge in [-0.1, -0.05) is 12.1 Å². The van der Waals surface area contributed by atoms with E-state index in [2.05, 4.69) is 19.9 Å². The lowest BCUT2D eigenvalue weighted by molar-refractivity contribution is 0.166. The Labute approximate surface area is 154 Å². The molecule has 2 N–H and O–H groups in total. The average molecular weight is 372 g/mol. The molecule has 1 fully saturated rings. The summed E-state index contributed by atoms with van der Waals surface area (Å²) in [5.41, 5.74) is 2.16.